The van der Waals surface area contributed by atoms with Gasteiger partial charge < -0.3 is 42.6 Å². The summed E-state index contributed by atoms with van der Waals surface area (Å²) in [6.45, 7) is -0.0569. The van der Waals surface area contributed by atoms with Gasteiger partial charge in [0.15, 0.2) is 0 Å². The van der Waals surface area contributed by atoms with Crippen LogP contribution in [0.25, 0.3) is 0 Å². The van der Waals surface area contributed by atoms with Crippen molar-refractivity contribution in [2.45, 2.75) is 37.8 Å². The molecular weight excluding hydrogens is 420 g/mol. The number of carbonyl (C=O) groups is 4. The number of fused-ring (bicyclic) bond motifs is 1. The van der Waals surface area contributed by atoms with E-state index in [9.17, 15) is 24.3 Å². The van der Waals surface area contributed by atoms with Crippen LogP contribution in [0, 0.1) is 0 Å². The van der Waals surface area contributed by atoms with Crippen molar-refractivity contribution in [1.82, 2.24) is 16.0 Å². The number of primary amides is 1. The van der Waals surface area contributed by atoms with Crippen molar-refractivity contribution >= 4 is 29.4 Å². The van der Waals surface area contributed by atoms with Gasteiger partial charge in [0.2, 0.25) is 11.8 Å². The van der Waals surface area contributed by atoms with Crippen molar-refractivity contribution in [2.75, 3.05) is 31.6 Å². The third kappa shape index (κ3) is 7.71. The molecule has 0 radical (unpaired) electrons. The number of benzene rings is 1. The number of aliphatic hydroxyl groups is 1. The van der Waals surface area contributed by atoms with Crippen molar-refractivity contribution in [1.29, 1.82) is 0 Å². The molecule has 5 amide bonds. The summed E-state index contributed by atoms with van der Waals surface area (Å²) in [5.74, 6) is -1.32. The van der Waals surface area contributed by atoms with E-state index >= 15 is 0 Å². The lowest BCUT2D eigenvalue weighted by atomic mass is 10.1. The summed E-state index contributed by atoms with van der Waals surface area (Å²) < 4.78 is 5.84. The van der Waals surface area contributed by atoms with E-state index in [1.165, 1.54) is 18.2 Å². The number of aliphatic hydroxyl groups excluding tert-OH is 1. The SMILES string of the molecule is NCCCCC1COc2ccc(NC(N)=O)cc2C(=O)NCCC(=O)N[C@@H](CO)C(=O)N1. The second-order valence-corrected chi connectivity index (χ2v) is 7.31. The molecule has 2 rings (SSSR count). The topological polar surface area (TPSA) is 198 Å². The highest BCUT2D eigenvalue weighted by Gasteiger charge is 2.24. The average Bonchev–Trinajstić information content (AvgIpc) is 2.75. The maximum atomic E-state index is 12.7. The van der Waals surface area contributed by atoms with Crippen LogP contribution in [0.3, 0.4) is 0 Å². The van der Waals surface area contributed by atoms with Gasteiger partial charge in [-0.05, 0) is 37.6 Å². The second kappa shape index (κ2) is 12.5. The molecule has 0 saturated carbocycles. The van der Waals surface area contributed by atoms with Crippen molar-refractivity contribution < 1.29 is 29.0 Å². The Bertz CT molecular complexity index is 833. The van der Waals surface area contributed by atoms with Crippen LogP contribution >= 0.6 is 0 Å². The Kier molecular flexibility index (Phi) is 9.70. The Morgan fingerprint density at radius 3 is 2.69 bits per heavy atom. The summed E-state index contributed by atoms with van der Waals surface area (Å²) in [6, 6.07) is 2.08. The maximum Gasteiger partial charge on any atom is 0.316 e. The molecule has 0 spiro atoms. The summed E-state index contributed by atoms with van der Waals surface area (Å²) in [5, 5.41) is 19.7. The van der Waals surface area contributed by atoms with Gasteiger partial charge in [-0.25, -0.2) is 4.79 Å². The van der Waals surface area contributed by atoms with Gasteiger partial charge >= 0.3 is 6.03 Å². The predicted octanol–water partition coefficient (Wildman–Crippen LogP) is -1.22. The number of hydrogen-bond donors (Lipinski definition) is 7. The summed E-state index contributed by atoms with van der Waals surface area (Å²) in [5.41, 5.74) is 11.1. The summed E-state index contributed by atoms with van der Waals surface area (Å²) >= 11 is 0. The minimum Gasteiger partial charge on any atom is -0.491 e. The molecule has 12 nitrogen and oxygen atoms in total. The molecular formula is C20H30N6O6. The zero-order chi connectivity index (χ0) is 23.5. The first-order valence-electron chi connectivity index (χ1n) is 10.4. The molecule has 1 heterocycles. The molecule has 0 aromatic heterocycles. The first-order chi connectivity index (χ1) is 15.3. The Morgan fingerprint density at radius 1 is 1.22 bits per heavy atom. The maximum absolute atomic E-state index is 12.7. The molecule has 0 fully saturated rings. The molecule has 1 aliphatic heterocycles. The van der Waals surface area contributed by atoms with E-state index in [4.69, 9.17) is 16.2 Å². The Balaban J connectivity index is 2.31. The summed E-state index contributed by atoms with van der Waals surface area (Å²) in [7, 11) is 0. The van der Waals surface area contributed by atoms with E-state index in [1.54, 1.807) is 0 Å². The van der Waals surface area contributed by atoms with Gasteiger partial charge in [-0.2, -0.15) is 0 Å². The van der Waals surface area contributed by atoms with Crippen LogP contribution in [0.4, 0.5) is 10.5 Å². The Labute approximate surface area is 185 Å². The van der Waals surface area contributed by atoms with Crippen molar-refractivity contribution in [3.63, 3.8) is 0 Å². The standard InChI is InChI=1S/C20H30N6O6/c21-7-2-1-3-13-11-32-16-5-4-12(25-20(22)31)9-14(16)18(29)23-8-6-17(28)26-15(10-27)19(30)24-13/h4-5,9,13,15,27H,1-3,6-8,10-11,21H2,(H,23,29)(H,24,30)(H,26,28)(H3,22,25,31)/t13?,15-/m0/s1. The van der Waals surface area contributed by atoms with Gasteiger partial charge in [0, 0.05) is 18.7 Å². The van der Waals surface area contributed by atoms with Crippen LogP contribution in [0.5, 0.6) is 5.75 Å². The van der Waals surface area contributed by atoms with Crippen molar-refractivity contribution in [3.8, 4) is 5.75 Å². The lowest BCUT2D eigenvalue weighted by Gasteiger charge is -2.24. The molecule has 176 valence electrons. The van der Waals surface area contributed by atoms with Gasteiger partial charge in [0.1, 0.15) is 18.4 Å². The fourth-order valence-electron chi connectivity index (χ4n) is 3.12. The lowest BCUT2D eigenvalue weighted by molar-refractivity contribution is -0.130. The number of unbranched alkanes of at least 4 members (excludes halogenated alkanes) is 1. The largest absolute Gasteiger partial charge is 0.491 e. The highest BCUT2D eigenvalue weighted by atomic mass is 16.5. The van der Waals surface area contributed by atoms with Gasteiger partial charge in [-0.1, -0.05) is 6.42 Å². The van der Waals surface area contributed by atoms with Gasteiger partial charge in [0.25, 0.3) is 5.91 Å². The zero-order valence-electron chi connectivity index (χ0n) is 17.7. The Morgan fingerprint density at radius 2 is 2.00 bits per heavy atom. The molecule has 1 aliphatic rings. The number of nitrogens with one attached hydrogen (secondary N) is 4. The third-order valence-corrected chi connectivity index (χ3v) is 4.76. The fourth-order valence-corrected chi connectivity index (χ4v) is 3.12. The molecule has 1 unspecified atom stereocenters. The average molecular weight is 450 g/mol. The van der Waals surface area contributed by atoms with Crippen LogP contribution in [0.15, 0.2) is 18.2 Å². The number of carbonyl (C=O) groups excluding carboxylic acids is 4. The number of amides is 5. The van der Waals surface area contributed by atoms with Crippen LogP contribution in [-0.4, -0.2) is 67.2 Å². The number of rotatable bonds is 6. The van der Waals surface area contributed by atoms with E-state index in [-0.39, 0.29) is 30.9 Å². The molecule has 1 aromatic rings. The molecule has 1 aromatic carbocycles. The van der Waals surface area contributed by atoms with Crippen LogP contribution in [0.1, 0.15) is 36.0 Å². The quantitative estimate of drug-likeness (QED) is 0.263. The normalized spacial score (nSPS) is 20.0. The molecule has 0 saturated heterocycles. The van der Waals surface area contributed by atoms with E-state index in [0.717, 1.165) is 12.8 Å². The summed E-state index contributed by atoms with van der Waals surface area (Å²) in [6.07, 6.45) is 1.90. The first-order valence-corrected chi connectivity index (χ1v) is 10.4. The van der Waals surface area contributed by atoms with Crippen molar-refractivity contribution in [2.24, 2.45) is 11.5 Å². The Hall–Kier alpha value is -3.38. The van der Waals surface area contributed by atoms with Gasteiger partial charge in [0.05, 0.1) is 18.2 Å². The molecule has 9 N–H and O–H groups in total. The zero-order valence-corrected chi connectivity index (χ0v) is 17.7. The van der Waals surface area contributed by atoms with E-state index in [1.807, 2.05) is 0 Å². The van der Waals surface area contributed by atoms with Crippen LogP contribution in [-0.2, 0) is 9.59 Å². The van der Waals surface area contributed by atoms with Crippen LogP contribution < -0.4 is 37.5 Å². The van der Waals surface area contributed by atoms with E-state index < -0.39 is 42.4 Å². The van der Waals surface area contributed by atoms with E-state index in [0.29, 0.717) is 18.7 Å². The number of nitrogens with two attached hydrogens (primary N) is 2. The summed E-state index contributed by atoms with van der Waals surface area (Å²) in [4.78, 5) is 48.5. The smallest absolute Gasteiger partial charge is 0.316 e. The minimum absolute atomic E-state index is 0.0148. The fraction of sp³-hybridized carbons (Fsp3) is 0.500. The molecule has 12 heteroatoms. The van der Waals surface area contributed by atoms with Gasteiger partial charge in [-0.3, -0.25) is 14.4 Å². The first kappa shape index (κ1) is 24.9. The molecule has 32 heavy (non-hydrogen) atoms. The third-order valence-electron chi connectivity index (χ3n) is 4.76. The highest BCUT2D eigenvalue weighted by molar-refractivity contribution is 5.99. The van der Waals surface area contributed by atoms with Crippen molar-refractivity contribution in [3.05, 3.63) is 23.8 Å². The highest BCUT2D eigenvalue weighted by Crippen LogP contribution is 2.24. The van der Waals surface area contributed by atoms with E-state index in [2.05, 4.69) is 21.3 Å². The number of anilines is 1. The number of hydrogen-bond acceptors (Lipinski definition) is 7. The molecule has 0 bridgehead atoms. The monoisotopic (exact) mass is 450 g/mol. The van der Waals surface area contributed by atoms with Crippen LogP contribution in [0.2, 0.25) is 0 Å². The predicted molar refractivity (Wildman–Crippen MR) is 116 cm³/mol. The number of urea groups is 1. The second-order valence-electron chi connectivity index (χ2n) is 7.31. The van der Waals surface area contributed by atoms with Gasteiger partial charge in [-0.15, -0.1) is 0 Å². The lowest BCUT2D eigenvalue weighted by Crippen LogP contribution is -2.53. The molecule has 2 atom stereocenters. The molecule has 0 aliphatic carbocycles. The minimum atomic E-state index is -1.12. The number of ether oxygens (including phenoxy) is 1.